The fraction of sp³-hybridized carbons (Fsp3) is 0.889. The van der Waals surface area contributed by atoms with Gasteiger partial charge in [-0.05, 0) is 6.42 Å². The topological polar surface area (TPSA) is 118 Å². The average Bonchev–Trinajstić information content (AvgIpc) is 2.21. The summed E-state index contributed by atoms with van der Waals surface area (Å²) in [6.45, 7) is -0.868. The molecule has 0 radical (unpaired) electrons. The van der Waals surface area contributed by atoms with Crippen LogP contribution >= 0.6 is 0 Å². The number of hydrogen-bond donors (Lipinski definition) is 5. The predicted octanol–water partition coefficient (Wildman–Crippen LogP) is -1.97. The number of carboxylic acids is 1. The van der Waals surface area contributed by atoms with Crippen LogP contribution in [0, 0.1) is 17.8 Å². The number of hydrogen-bond acceptors (Lipinski definition) is 5. The van der Waals surface area contributed by atoms with Crippen LogP contribution in [0.15, 0.2) is 0 Å². The lowest BCUT2D eigenvalue weighted by Gasteiger charge is -2.39. The van der Waals surface area contributed by atoms with Gasteiger partial charge in [0.1, 0.15) is 0 Å². The van der Waals surface area contributed by atoms with Gasteiger partial charge in [-0.15, -0.1) is 0 Å². The first-order valence-corrected chi connectivity index (χ1v) is 4.83. The molecule has 0 aromatic rings. The Labute approximate surface area is 86.8 Å². The number of carboxylic acid groups (broad SMARTS) is 1. The first-order valence-electron chi connectivity index (χ1n) is 4.83. The van der Waals surface area contributed by atoms with E-state index in [-0.39, 0.29) is 13.0 Å². The van der Waals surface area contributed by atoms with Crippen molar-refractivity contribution in [1.29, 1.82) is 0 Å². The van der Waals surface area contributed by atoms with Crippen molar-refractivity contribution in [2.45, 2.75) is 18.6 Å². The van der Waals surface area contributed by atoms with Gasteiger partial charge in [0.05, 0.1) is 18.1 Å². The molecule has 5 atom stereocenters. The van der Waals surface area contributed by atoms with Crippen LogP contribution in [-0.2, 0) is 4.79 Å². The number of carbonyl (C=O) groups is 1. The minimum absolute atomic E-state index is 0.0648. The quantitative estimate of drug-likeness (QED) is 0.376. The SMILES string of the molecule is O=C(O)C1CC(CO)C(O)C(O)C1CO. The van der Waals surface area contributed by atoms with Crippen LogP contribution in [-0.4, -0.2) is 56.9 Å². The van der Waals surface area contributed by atoms with Crippen LogP contribution in [0.1, 0.15) is 6.42 Å². The molecule has 0 aromatic carbocycles. The Morgan fingerprint density at radius 2 is 1.73 bits per heavy atom. The number of rotatable bonds is 3. The lowest BCUT2D eigenvalue weighted by atomic mass is 9.71. The van der Waals surface area contributed by atoms with Crippen molar-refractivity contribution in [3.05, 3.63) is 0 Å². The zero-order valence-corrected chi connectivity index (χ0v) is 8.15. The van der Waals surface area contributed by atoms with E-state index in [2.05, 4.69) is 0 Å². The zero-order chi connectivity index (χ0) is 11.6. The normalized spacial score (nSPS) is 41.5. The van der Waals surface area contributed by atoms with Crippen molar-refractivity contribution < 1.29 is 30.3 Å². The molecule has 1 saturated carbocycles. The molecule has 15 heavy (non-hydrogen) atoms. The average molecular weight is 220 g/mol. The molecule has 0 bridgehead atoms. The minimum Gasteiger partial charge on any atom is -0.481 e. The Morgan fingerprint density at radius 1 is 1.13 bits per heavy atom. The number of aliphatic hydroxyl groups is 4. The van der Waals surface area contributed by atoms with E-state index >= 15 is 0 Å². The van der Waals surface area contributed by atoms with Crippen LogP contribution in [0.5, 0.6) is 0 Å². The molecule has 0 heterocycles. The zero-order valence-electron chi connectivity index (χ0n) is 8.15. The summed E-state index contributed by atoms with van der Waals surface area (Å²) in [6, 6.07) is 0. The molecule has 0 saturated heterocycles. The molecule has 0 amide bonds. The highest BCUT2D eigenvalue weighted by Crippen LogP contribution is 2.34. The first-order chi connectivity index (χ1) is 7.02. The van der Waals surface area contributed by atoms with Gasteiger partial charge in [0.15, 0.2) is 0 Å². The van der Waals surface area contributed by atoms with Gasteiger partial charge in [0, 0.05) is 25.0 Å². The molecule has 88 valence electrons. The van der Waals surface area contributed by atoms with Crippen LogP contribution in [0.25, 0.3) is 0 Å². The fourth-order valence-electron chi connectivity index (χ4n) is 2.11. The van der Waals surface area contributed by atoms with E-state index in [0.717, 1.165) is 0 Å². The van der Waals surface area contributed by atoms with Crippen molar-refractivity contribution in [3.63, 3.8) is 0 Å². The van der Waals surface area contributed by atoms with E-state index < -0.39 is 42.5 Å². The van der Waals surface area contributed by atoms with E-state index in [1.807, 2.05) is 0 Å². The molecule has 1 fully saturated rings. The molecule has 1 aliphatic carbocycles. The monoisotopic (exact) mass is 220 g/mol. The van der Waals surface area contributed by atoms with Gasteiger partial charge in [0.25, 0.3) is 0 Å². The molecule has 0 aliphatic heterocycles. The Kier molecular flexibility index (Phi) is 4.04. The second-order valence-corrected chi connectivity index (χ2v) is 3.95. The third-order valence-electron chi connectivity index (χ3n) is 3.11. The van der Waals surface area contributed by atoms with Gasteiger partial charge in [-0.25, -0.2) is 0 Å². The van der Waals surface area contributed by atoms with Crippen LogP contribution in [0.3, 0.4) is 0 Å². The number of aliphatic carboxylic acids is 1. The molecular weight excluding hydrogens is 204 g/mol. The maximum atomic E-state index is 10.9. The highest BCUT2D eigenvalue weighted by atomic mass is 16.4. The largest absolute Gasteiger partial charge is 0.481 e. The summed E-state index contributed by atoms with van der Waals surface area (Å²) >= 11 is 0. The summed E-state index contributed by atoms with van der Waals surface area (Å²) in [5.74, 6) is -3.58. The van der Waals surface area contributed by atoms with Crippen molar-refractivity contribution in [2.24, 2.45) is 17.8 Å². The van der Waals surface area contributed by atoms with Gasteiger partial charge in [-0.1, -0.05) is 0 Å². The maximum Gasteiger partial charge on any atom is 0.306 e. The number of aliphatic hydroxyl groups excluding tert-OH is 4. The molecule has 6 nitrogen and oxygen atoms in total. The third kappa shape index (κ3) is 2.28. The Hall–Kier alpha value is -0.690. The lowest BCUT2D eigenvalue weighted by Crippen LogP contribution is -2.52. The summed E-state index contributed by atoms with van der Waals surface area (Å²) in [5, 5.41) is 45.8. The molecule has 1 rings (SSSR count). The van der Waals surface area contributed by atoms with Gasteiger partial charge >= 0.3 is 5.97 Å². The van der Waals surface area contributed by atoms with E-state index in [9.17, 15) is 15.0 Å². The Bertz CT molecular complexity index is 231. The molecule has 0 spiro atoms. The molecular formula is C9H16O6. The lowest BCUT2D eigenvalue weighted by molar-refractivity contribution is -0.162. The fourth-order valence-corrected chi connectivity index (χ4v) is 2.11. The Morgan fingerprint density at radius 3 is 2.13 bits per heavy atom. The molecule has 1 aliphatic rings. The van der Waals surface area contributed by atoms with Crippen molar-refractivity contribution >= 4 is 5.97 Å². The molecule has 6 heteroatoms. The van der Waals surface area contributed by atoms with Crippen molar-refractivity contribution in [3.8, 4) is 0 Å². The maximum absolute atomic E-state index is 10.9. The molecule has 0 aromatic heterocycles. The van der Waals surface area contributed by atoms with E-state index in [1.54, 1.807) is 0 Å². The van der Waals surface area contributed by atoms with Gasteiger partial charge in [0.2, 0.25) is 0 Å². The third-order valence-corrected chi connectivity index (χ3v) is 3.11. The summed E-state index contributed by atoms with van der Waals surface area (Å²) in [5.41, 5.74) is 0. The van der Waals surface area contributed by atoms with Gasteiger partial charge in [-0.2, -0.15) is 0 Å². The van der Waals surface area contributed by atoms with Crippen LogP contribution < -0.4 is 0 Å². The van der Waals surface area contributed by atoms with Crippen molar-refractivity contribution in [2.75, 3.05) is 13.2 Å². The van der Waals surface area contributed by atoms with Gasteiger partial charge < -0.3 is 25.5 Å². The van der Waals surface area contributed by atoms with Gasteiger partial charge in [-0.3, -0.25) is 4.79 Å². The van der Waals surface area contributed by atoms with Crippen LogP contribution in [0.2, 0.25) is 0 Å². The van der Waals surface area contributed by atoms with Crippen LogP contribution in [0.4, 0.5) is 0 Å². The summed E-state index contributed by atoms with van der Waals surface area (Å²) in [6.07, 6.45) is -2.42. The second-order valence-electron chi connectivity index (χ2n) is 3.95. The highest BCUT2D eigenvalue weighted by Gasteiger charge is 2.45. The molecule has 5 unspecified atom stereocenters. The second kappa shape index (κ2) is 4.89. The van der Waals surface area contributed by atoms with Crippen molar-refractivity contribution in [1.82, 2.24) is 0 Å². The molecule has 5 N–H and O–H groups in total. The summed E-state index contributed by atoms with van der Waals surface area (Å²) in [7, 11) is 0. The Balaban J connectivity index is 2.84. The predicted molar refractivity (Wildman–Crippen MR) is 48.9 cm³/mol. The van der Waals surface area contributed by atoms with E-state index in [4.69, 9.17) is 15.3 Å². The smallest absolute Gasteiger partial charge is 0.306 e. The first kappa shape index (κ1) is 12.4. The highest BCUT2D eigenvalue weighted by molar-refractivity contribution is 5.70. The van der Waals surface area contributed by atoms with E-state index in [0.29, 0.717) is 0 Å². The summed E-state index contributed by atoms with van der Waals surface area (Å²) in [4.78, 5) is 10.9. The standard InChI is InChI=1S/C9H16O6/c10-2-4-1-5(9(14)15)6(3-11)8(13)7(4)12/h4-8,10-13H,1-3H2,(H,14,15). The summed E-state index contributed by atoms with van der Waals surface area (Å²) < 4.78 is 0. The van der Waals surface area contributed by atoms with E-state index in [1.165, 1.54) is 0 Å². The minimum atomic E-state index is -1.30.